The molecule has 0 aliphatic rings. The van der Waals surface area contributed by atoms with Gasteiger partial charge in [0.25, 0.3) is 5.91 Å². The van der Waals surface area contributed by atoms with Gasteiger partial charge in [-0.15, -0.1) is 0 Å². The van der Waals surface area contributed by atoms with Gasteiger partial charge in [-0.05, 0) is 60.2 Å². The number of Topliss-reactive ketones (excluding diaryl/α,β-unsaturated/α-hetero) is 1. The van der Waals surface area contributed by atoms with Crippen LogP contribution >= 0.6 is 39.1 Å². The van der Waals surface area contributed by atoms with Gasteiger partial charge in [0, 0.05) is 49.9 Å². The van der Waals surface area contributed by atoms with Crippen molar-refractivity contribution in [2.45, 2.75) is 19.3 Å². The Bertz CT molecular complexity index is 1600. The van der Waals surface area contributed by atoms with Crippen LogP contribution in [0.2, 0.25) is 10.0 Å². The fraction of sp³-hybridized carbons (Fsp3) is 0.167. The molecule has 0 unspecified atom stereocenters. The van der Waals surface area contributed by atoms with Gasteiger partial charge < -0.3 is 16.4 Å². The number of benzene rings is 3. The number of hydrogen-bond donors (Lipinski definition) is 3. The number of nitrogens with zero attached hydrogens (tertiary/aromatic N) is 1. The summed E-state index contributed by atoms with van der Waals surface area (Å²) in [6.07, 6.45) is -4.51. The molecule has 0 radical (unpaired) electrons. The van der Waals surface area contributed by atoms with Crippen molar-refractivity contribution in [3.05, 3.63) is 110 Å². The summed E-state index contributed by atoms with van der Waals surface area (Å²) in [5.74, 6) is -0.756. The molecule has 1 aromatic heterocycles. The van der Waals surface area contributed by atoms with Crippen molar-refractivity contribution < 1.29 is 22.8 Å². The topological polar surface area (TPSA) is 97.1 Å². The summed E-state index contributed by atoms with van der Waals surface area (Å²) in [6, 6.07) is 18.4. The lowest BCUT2D eigenvalue weighted by molar-refractivity contribution is -0.137. The molecular formula is C30H24BrCl2F3N4O2. The number of amides is 1. The number of hydrogen-bond acceptors (Lipinski definition) is 5. The zero-order valence-corrected chi connectivity index (χ0v) is 25.0. The summed E-state index contributed by atoms with van der Waals surface area (Å²) in [4.78, 5) is 29.6. The van der Waals surface area contributed by atoms with Crippen LogP contribution in [0, 0.1) is 0 Å². The summed E-state index contributed by atoms with van der Waals surface area (Å²) < 4.78 is 39.7. The number of halogens is 6. The first-order valence-corrected chi connectivity index (χ1v) is 14.1. The standard InChI is InChI=1S/C30H24BrCl2F3N4O2/c31-21-7-3-17(4-8-21)28-25(24-10-9-22(32)12-26(24)33)11-19(27(40-28)16-38-15-23(41)13-37)14-39-29(42)18-1-5-20(6-2-18)30(34,35)36/h1-12,38H,13-16,37H2,(H,39,42). The summed E-state index contributed by atoms with van der Waals surface area (Å²) in [5, 5.41) is 6.64. The van der Waals surface area contributed by atoms with E-state index in [4.69, 9.17) is 33.9 Å². The second-order valence-electron chi connectivity index (χ2n) is 9.23. The highest BCUT2D eigenvalue weighted by Gasteiger charge is 2.30. The van der Waals surface area contributed by atoms with Gasteiger partial charge in [-0.25, -0.2) is 0 Å². The molecule has 0 aliphatic carbocycles. The van der Waals surface area contributed by atoms with Crippen molar-refractivity contribution >= 4 is 50.8 Å². The molecule has 0 saturated carbocycles. The summed E-state index contributed by atoms with van der Waals surface area (Å²) >= 11 is 16.2. The van der Waals surface area contributed by atoms with Gasteiger partial charge >= 0.3 is 6.18 Å². The summed E-state index contributed by atoms with van der Waals surface area (Å²) in [6.45, 7) is 0.0748. The Labute approximate surface area is 258 Å². The Balaban J connectivity index is 1.75. The smallest absolute Gasteiger partial charge is 0.348 e. The molecule has 6 nitrogen and oxygen atoms in total. The molecule has 0 fully saturated rings. The molecule has 4 rings (SSSR count). The van der Waals surface area contributed by atoms with E-state index in [0.29, 0.717) is 38.1 Å². The Hall–Kier alpha value is -3.28. The summed E-state index contributed by atoms with van der Waals surface area (Å²) in [5.41, 5.74) is 8.50. The molecule has 0 saturated heterocycles. The maximum absolute atomic E-state index is 13.0. The zero-order chi connectivity index (χ0) is 30.4. The fourth-order valence-corrected chi connectivity index (χ4v) is 4.90. The van der Waals surface area contributed by atoms with E-state index >= 15 is 0 Å². The Morgan fingerprint density at radius 1 is 0.905 bits per heavy atom. The first kappa shape index (κ1) is 31.7. The molecule has 42 heavy (non-hydrogen) atoms. The van der Waals surface area contributed by atoms with Crippen molar-refractivity contribution in [1.29, 1.82) is 0 Å². The number of aromatic nitrogens is 1. The van der Waals surface area contributed by atoms with Gasteiger partial charge in [0.1, 0.15) is 0 Å². The fourth-order valence-electron chi connectivity index (χ4n) is 4.12. The maximum atomic E-state index is 13.0. The predicted octanol–water partition coefficient (Wildman–Crippen LogP) is 7.05. The van der Waals surface area contributed by atoms with Crippen LogP contribution in [0.4, 0.5) is 13.2 Å². The highest BCUT2D eigenvalue weighted by atomic mass is 79.9. The van der Waals surface area contributed by atoms with Gasteiger partial charge in [0.15, 0.2) is 5.78 Å². The van der Waals surface area contributed by atoms with E-state index in [1.807, 2.05) is 30.3 Å². The minimum absolute atomic E-state index is 0.00642. The highest BCUT2D eigenvalue weighted by molar-refractivity contribution is 9.10. The molecule has 1 heterocycles. The predicted molar refractivity (Wildman–Crippen MR) is 161 cm³/mol. The Morgan fingerprint density at radius 3 is 2.21 bits per heavy atom. The van der Waals surface area contributed by atoms with E-state index in [1.165, 1.54) is 0 Å². The number of alkyl halides is 3. The minimum atomic E-state index is -4.51. The number of carbonyl (C=O) groups excluding carboxylic acids is 2. The third-order valence-electron chi connectivity index (χ3n) is 6.29. The van der Waals surface area contributed by atoms with Crippen LogP contribution < -0.4 is 16.4 Å². The van der Waals surface area contributed by atoms with E-state index < -0.39 is 17.6 Å². The average molecular weight is 680 g/mol. The number of nitrogens with one attached hydrogen (secondary N) is 2. The molecule has 3 aromatic carbocycles. The van der Waals surface area contributed by atoms with E-state index in [2.05, 4.69) is 26.6 Å². The molecule has 4 aromatic rings. The van der Waals surface area contributed by atoms with E-state index in [0.717, 1.165) is 34.3 Å². The van der Waals surface area contributed by atoms with E-state index in [9.17, 15) is 22.8 Å². The number of pyridine rings is 1. The van der Waals surface area contributed by atoms with Gasteiger partial charge in [-0.2, -0.15) is 13.2 Å². The van der Waals surface area contributed by atoms with Crippen LogP contribution in [0.3, 0.4) is 0 Å². The van der Waals surface area contributed by atoms with Crippen molar-refractivity contribution in [2.24, 2.45) is 5.73 Å². The van der Waals surface area contributed by atoms with E-state index in [1.54, 1.807) is 18.2 Å². The monoisotopic (exact) mass is 678 g/mol. The second-order valence-corrected chi connectivity index (χ2v) is 11.0. The molecule has 0 spiro atoms. The number of ketones is 1. The van der Waals surface area contributed by atoms with Crippen molar-refractivity contribution in [3.8, 4) is 22.4 Å². The minimum Gasteiger partial charge on any atom is -0.348 e. The lowest BCUT2D eigenvalue weighted by Crippen LogP contribution is -2.29. The SMILES string of the molecule is NCC(=O)CNCc1nc(-c2ccc(Br)cc2)c(-c2ccc(Cl)cc2Cl)cc1CNC(=O)c1ccc(C(F)(F)F)cc1. The van der Waals surface area contributed by atoms with Crippen LogP contribution in [0.15, 0.2) is 77.3 Å². The number of nitrogens with two attached hydrogens (primary N) is 1. The van der Waals surface area contributed by atoms with Crippen molar-refractivity contribution in [2.75, 3.05) is 13.1 Å². The second kappa shape index (κ2) is 13.8. The third kappa shape index (κ3) is 7.96. The Kier molecular flexibility index (Phi) is 10.4. The molecular weight excluding hydrogens is 656 g/mol. The van der Waals surface area contributed by atoms with Gasteiger partial charge in [-0.3, -0.25) is 14.6 Å². The highest BCUT2D eigenvalue weighted by Crippen LogP contribution is 2.38. The van der Waals surface area contributed by atoms with Crippen molar-refractivity contribution in [1.82, 2.24) is 15.6 Å². The molecule has 0 aliphatic heterocycles. The molecule has 1 amide bonds. The van der Waals surface area contributed by atoms with Crippen LogP contribution in [-0.4, -0.2) is 29.8 Å². The van der Waals surface area contributed by atoms with Crippen LogP contribution in [0.5, 0.6) is 0 Å². The molecule has 0 bridgehead atoms. The normalized spacial score (nSPS) is 11.4. The summed E-state index contributed by atoms with van der Waals surface area (Å²) in [7, 11) is 0. The number of rotatable bonds is 10. The Morgan fingerprint density at radius 2 is 1.60 bits per heavy atom. The molecule has 0 atom stereocenters. The largest absolute Gasteiger partial charge is 0.416 e. The first-order chi connectivity index (χ1) is 20.0. The maximum Gasteiger partial charge on any atom is 0.416 e. The quantitative estimate of drug-likeness (QED) is 0.167. The lowest BCUT2D eigenvalue weighted by atomic mass is 9.96. The molecule has 218 valence electrons. The van der Waals surface area contributed by atoms with Crippen molar-refractivity contribution in [3.63, 3.8) is 0 Å². The first-order valence-electron chi connectivity index (χ1n) is 12.6. The van der Waals surface area contributed by atoms with Gasteiger partial charge in [-0.1, -0.05) is 57.3 Å². The van der Waals surface area contributed by atoms with Gasteiger partial charge in [0.2, 0.25) is 0 Å². The molecule has 12 heteroatoms. The molecule has 4 N–H and O–H groups in total. The lowest BCUT2D eigenvalue weighted by Gasteiger charge is -2.18. The average Bonchev–Trinajstić information content (AvgIpc) is 2.96. The number of carbonyl (C=O) groups is 2. The van der Waals surface area contributed by atoms with Gasteiger partial charge in [0.05, 0.1) is 30.0 Å². The third-order valence-corrected chi connectivity index (χ3v) is 7.36. The zero-order valence-electron chi connectivity index (χ0n) is 21.9. The van der Waals surface area contributed by atoms with Crippen LogP contribution in [0.1, 0.15) is 27.2 Å². The van der Waals surface area contributed by atoms with Crippen LogP contribution in [-0.2, 0) is 24.1 Å². The van der Waals surface area contributed by atoms with Crippen LogP contribution in [0.25, 0.3) is 22.4 Å². The van der Waals surface area contributed by atoms with E-state index in [-0.39, 0.29) is 37.5 Å².